The molecule has 0 saturated carbocycles. The van der Waals surface area contributed by atoms with E-state index < -0.39 is 23.3 Å². The molecule has 0 amide bonds. The Kier molecular flexibility index (Phi) is 5.27. The first-order chi connectivity index (χ1) is 13.0. The minimum atomic E-state index is -4.94. The molecule has 0 aliphatic carbocycles. The Morgan fingerprint density at radius 3 is 2.25 bits per heavy atom. The summed E-state index contributed by atoms with van der Waals surface area (Å²) >= 11 is 5.57. The largest absolute Gasteiger partial charge is 0.573 e. The lowest BCUT2D eigenvalue weighted by Gasteiger charge is -2.32. The van der Waals surface area contributed by atoms with Crippen molar-refractivity contribution in [2.75, 3.05) is 0 Å². The van der Waals surface area contributed by atoms with Gasteiger partial charge in [-0.2, -0.15) is 13.2 Å². The first-order valence-corrected chi connectivity index (χ1v) is 8.45. The summed E-state index contributed by atoms with van der Waals surface area (Å²) in [6, 6.07) is 10.9. The number of alkyl halides is 7. The molecule has 0 bridgehead atoms. The van der Waals surface area contributed by atoms with E-state index in [4.69, 9.17) is 16.3 Å². The number of aryl methyl sites for hydroxylation is 2. The summed E-state index contributed by atoms with van der Waals surface area (Å²) in [6.45, 7) is 0. The molecule has 1 aliphatic heterocycles. The van der Waals surface area contributed by atoms with Crippen molar-refractivity contribution in [2.45, 2.75) is 30.4 Å². The van der Waals surface area contributed by atoms with E-state index in [1.54, 1.807) is 30.3 Å². The maximum Gasteiger partial charge on any atom is 0.573 e. The van der Waals surface area contributed by atoms with Gasteiger partial charge in [0.25, 0.3) is 5.06 Å². The normalized spacial score (nSPS) is 19.1. The van der Waals surface area contributed by atoms with Gasteiger partial charge in [-0.3, -0.25) is 0 Å². The van der Waals surface area contributed by atoms with Crippen LogP contribution in [0.4, 0.5) is 26.3 Å². The number of fused-ring (bicyclic) bond motifs is 1. The number of hydrogen-bond acceptors (Lipinski definition) is 2. The van der Waals surface area contributed by atoms with Crippen LogP contribution >= 0.6 is 11.6 Å². The third-order valence-corrected chi connectivity index (χ3v) is 4.46. The fraction of sp³-hybridized carbons (Fsp3) is 0.263. The van der Waals surface area contributed by atoms with Crippen LogP contribution in [0.3, 0.4) is 0 Å². The molecule has 2 aromatic carbocycles. The number of benzene rings is 2. The zero-order valence-electron chi connectivity index (χ0n) is 14.1. The first kappa shape index (κ1) is 20.4. The van der Waals surface area contributed by atoms with Crippen molar-refractivity contribution in [1.29, 1.82) is 0 Å². The van der Waals surface area contributed by atoms with Crippen LogP contribution in [0.2, 0.25) is 0 Å². The lowest BCUT2D eigenvalue weighted by atomic mass is 9.98. The summed E-state index contributed by atoms with van der Waals surface area (Å²) in [5.74, 6) is -0.767. The third kappa shape index (κ3) is 4.55. The fourth-order valence-electron chi connectivity index (χ4n) is 2.77. The molecule has 1 heterocycles. The Balaban J connectivity index is 1.98. The lowest BCUT2D eigenvalue weighted by molar-refractivity contribution is -0.274. The molecule has 0 radical (unpaired) electrons. The molecule has 3 rings (SSSR count). The zero-order valence-corrected chi connectivity index (χ0v) is 14.8. The van der Waals surface area contributed by atoms with Crippen molar-refractivity contribution in [3.63, 3.8) is 0 Å². The summed E-state index contributed by atoms with van der Waals surface area (Å²) < 4.78 is 86.4. The van der Waals surface area contributed by atoms with Gasteiger partial charge in [0.1, 0.15) is 11.5 Å². The van der Waals surface area contributed by atoms with E-state index in [1.165, 1.54) is 0 Å². The van der Waals surface area contributed by atoms with Gasteiger partial charge < -0.3 is 9.47 Å². The van der Waals surface area contributed by atoms with Gasteiger partial charge in [0.2, 0.25) is 0 Å². The average Bonchev–Trinajstić information content (AvgIpc) is 2.59. The van der Waals surface area contributed by atoms with Crippen LogP contribution in [0.1, 0.15) is 16.7 Å². The third-order valence-electron chi connectivity index (χ3n) is 4.04. The molecule has 2 nitrogen and oxygen atoms in total. The van der Waals surface area contributed by atoms with Gasteiger partial charge >= 0.3 is 12.5 Å². The van der Waals surface area contributed by atoms with Gasteiger partial charge in [-0.15, -0.1) is 13.2 Å². The molecule has 1 atom stereocenters. The molecule has 28 heavy (non-hydrogen) atoms. The number of rotatable bonds is 4. The van der Waals surface area contributed by atoms with Crippen molar-refractivity contribution in [1.82, 2.24) is 0 Å². The van der Waals surface area contributed by atoms with Crippen molar-refractivity contribution in [3.05, 3.63) is 65.2 Å². The smallest absolute Gasteiger partial charge is 0.458 e. The van der Waals surface area contributed by atoms with E-state index in [1.807, 2.05) is 0 Å². The Morgan fingerprint density at radius 1 is 0.964 bits per heavy atom. The standard InChI is InChI=1S/C19H13ClF6O2/c20-17(18(21,22)23)9-8-14-11-15(27-19(24,25)26)10-13(16(14)28-17)7-6-12-4-2-1-3-5-12/h1-5,8-11H,6-7H2. The minimum absolute atomic E-state index is 0.0188. The highest BCUT2D eigenvalue weighted by molar-refractivity contribution is 6.25. The molecular formula is C19H13ClF6O2. The minimum Gasteiger partial charge on any atom is -0.458 e. The van der Waals surface area contributed by atoms with Crippen molar-refractivity contribution in [2.24, 2.45) is 0 Å². The van der Waals surface area contributed by atoms with Gasteiger partial charge in [-0.1, -0.05) is 41.9 Å². The van der Waals surface area contributed by atoms with E-state index in [0.29, 0.717) is 12.5 Å². The Hall–Kier alpha value is -2.35. The number of halogens is 7. The Labute approximate surface area is 161 Å². The number of hydrogen-bond donors (Lipinski definition) is 0. The molecule has 150 valence electrons. The van der Waals surface area contributed by atoms with Gasteiger partial charge in [-0.05, 0) is 48.3 Å². The highest BCUT2D eigenvalue weighted by Crippen LogP contribution is 2.46. The summed E-state index contributed by atoms with van der Waals surface area (Å²) in [6.07, 6.45) is -7.83. The molecule has 1 aliphatic rings. The van der Waals surface area contributed by atoms with Crippen LogP contribution in [0.15, 0.2) is 48.5 Å². The molecule has 9 heteroatoms. The van der Waals surface area contributed by atoms with Crippen LogP contribution < -0.4 is 9.47 Å². The first-order valence-electron chi connectivity index (χ1n) is 8.07. The SMILES string of the molecule is FC(F)(F)Oc1cc2c(c(CCc3ccccc3)c1)OC(Cl)(C(F)(F)F)C=C2. The second-order valence-corrected chi connectivity index (χ2v) is 6.67. The van der Waals surface area contributed by atoms with E-state index in [2.05, 4.69) is 4.74 Å². The maximum atomic E-state index is 13.2. The van der Waals surface area contributed by atoms with Gasteiger partial charge in [0, 0.05) is 5.56 Å². The summed E-state index contributed by atoms with van der Waals surface area (Å²) in [5, 5.41) is -3.09. The monoisotopic (exact) mass is 422 g/mol. The topological polar surface area (TPSA) is 18.5 Å². The predicted molar refractivity (Wildman–Crippen MR) is 91.3 cm³/mol. The predicted octanol–water partition coefficient (Wildman–Crippen LogP) is 6.27. The van der Waals surface area contributed by atoms with Crippen LogP contribution in [-0.4, -0.2) is 17.6 Å². The highest BCUT2D eigenvalue weighted by atomic mass is 35.5. The molecule has 0 saturated heterocycles. The van der Waals surface area contributed by atoms with Crippen molar-refractivity contribution >= 4 is 17.7 Å². The van der Waals surface area contributed by atoms with Gasteiger partial charge in [0.05, 0.1) is 0 Å². The molecule has 0 fully saturated rings. The Morgan fingerprint density at radius 2 is 1.64 bits per heavy atom. The molecular weight excluding hydrogens is 410 g/mol. The van der Waals surface area contributed by atoms with Crippen molar-refractivity contribution < 1.29 is 35.8 Å². The average molecular weight is 423 g/mol. The summed E-state index contributed by atoms with van der Waals surface area (Å²) in [4.78, 5) is 0. The second kappa shape index (κ2) is 7.24. The lowest BCUT2D eigenvalue weighted by Crippen LogP contribution is -2.44. The van der Waals surface area contributed by atoms with Crippen LogP contribution in [-0.2, 0) is 12.8 Å². The van der Waals surface area contributed by atoms with Gasteiger partial charge in [-0.25, -0.2) is 0 Å². The molecule has 0 spiro atoms. The molecule has 2 aromatic rings. The van der Waals surface area contributed by atoms with E-state index in [9.17, 15) is 26.3 Å². The second-order valence-electron chi connectivity index (χ2n) is 6.11. The van der Waals surface area contributed by atoms with E-state index >= 15 is 0 Å². The van der Waals surface area contributed by atoms with Crippen molar-refractivity contribution in [3.8, 4) is 11.5 Å². The maximum absolute atomic E-state index is 13.2. The molecule has 1 unspecified atom stereocenters. The van der Waals surface area contributed by atoms with Gasteiger partial charge in [0.15, 0.2) is 0 Å². The van der Waals surface area contributed by atoms with Crippen LogP contribution in [0.5, 0.6) is 11.5 Å². The quantitative estimate of drug-likeness (QED) is 0.427. The number of ether oxygens (including phenoxy) is 2. The highest BCUT2D eigenvalue weighted by Gasteiger charge is 2.56. The summed E-state index contributed by atoms with van der Waals surface area (Å²) in [5.41, 5.74) is 1.00. The fourth-order valence-corrected chi connectivity index (χ4v) is 2.91. The van der Waals surface area contributed by atoms with Crippen LogP contribution in [0.25, 0.3) is 6.08 Å². The Bertz CT molecular complexity index is 876. The summed E-state index contributed by atoms with van der Waals surface area (Å²) in [7, 11) is 0. The molecule has 0 N–H and O–H groups in total. The zero-order chi connectivity index (χ0) is 20.6. The van der Waals surface area contributed by atoms with Crippen LogP contribution in [0, 0.1) is 0 Å². The molecule has 0 aromatic heterocycles. The van der Waals surface area contributed by atoms with E-state index in [-0.39, 0.29) is 23.3 Å². The van der Waals surface area contributed by atoms with E-state index in [0.717, 1.165) is 23.8 Å².